The van der Waals surface area contributed by atoms with Crippen molar-refractivity contribution in [3.05, 3.63) is 72.3 Å². The summed E-state index contributed by atoms with van der Waals surface area (Å²) in [7, 11) is 0. The smallest absolute Gasteiger partial charge is 0.225 e. The Morgan fingerprint density at radius 2 is 1.89 bits per heavy atom. The molecule has 0 amide bonds. The van der Waals surface area contributed by atoms with E-state index in [9.17, 15) is 8.78 Å². The van der Waals surface area contributed by atoms with Crippen LogP contribution in [-0.2, 0) is 6.54 Å². The zero-order valence-electron chi connectivity index (χ0n) is 14.4. The number of nitrogens with one attached hydrogen (secondary N) is 2. The van der Waals surface area contributed by atoms with Crippen LogP contribution in [0, 0.1) is 11.6 Å². The molecule has 0 spiro atoms. The van der Waals surface area contributed by atoms with E-state index in [0.717, 1.165) is 16.6 Å². The average Bonchev–Trinajstić information content (AvgIpc) is 3.33. The monoisotopic (exact) mass is 377 g/mol. The van der Waals surface area contributed by atoms with Crippen LogP contribution in [-0.4, -0.2) is 29.7 Å². The molecular formula is C19H13F2N7. The van der Waals surface area contributed by atoms with Crippen LogP contribution in [0.2, 0.25) is 0 Å². The minimum Gasteiger partial charge on any atom is -0.350 e. The number of halogens is 2. The molecule has 0 saturated carbocycles. The third-order valence-electron chi connectivity index (χ3n) is 4.48. The van der Waals surface area contributed by atoms with Crippen molar-refractivity contribution in [3.8, 4) is 5.69 Å². The Labute approximate surface area is 157 Å². The molecule has 0 saturated heterocycles. The fourth-order valence-corrected chi connectivity index (χ4v) is 3.03. The fourth-order valence-electron chi connectivity index (χ4n) is 3.03. The number of benzene rings is 2. The number of imidazole rings is 1. The Hall–Kier alpha value is -3.88. The van der Waals surface area contributed by atoms with E-state index in [-0.39, 0.29) is 18.1 Å². The van der Waals surface area contributed by atoms with Crippen LogP contribution in [0.15, 0.2) is 55.1 Å². The van der Waals surface area contributed by atoms with Crippen molar-refractivity contribution < 1.29 is 8.78 Å². The van der Waals surface area contributed by atoms with Gasteiger partial charge in [0.2, 0.25) is 5.95 Å². The van der Waals surface area contributed by atoms with E-state index in [0.29, 0.717) is 11.2 Å². The number of rotatable bonds is 4. The molecule has 0 aliphatic heterocycles. The maximum Gasteiger partial charge on any atom is 0.225 e. The summed E-state index contributed by atoms with van der Waals surface area (Å²) < 4.78 is 29.4. The largest absolute Gasteiger partial charge is 0.350 e. The van der Waals surface area contributed by atoms with Gasteiger partial charge < -0.3 is 5.32 Å². The van der Waals surface area contributed by atoms with Gasteiger partial charge in [-0.15, -0.1) is 0 Å². The molecule has 7 nitrogen and oxygen atoms in total. The van der Waals surface area contributed by atoms with Crippen molar-refractivity contribution in [3.63, 3.8) is 0 Å². The van der Waals surface area contributed by atoms with Gasteiger partial charge in [-0.25, -0.2) is 18.7 Å². The number of nitrogens with zero attached hydrogens (tertiary/aromatic N) is 5. The van der Waals surface area contributed by atoms with E-state index >= 15 is 0 Å². The summed E-state index contributed by atoms with van der Waals surface area (Å²) >= 11 is 0. The number of hydrogen-bond donors (Lipinski definition) is 2. The maximum atomic E-state index is 13.8. The SMILES string of the molecule is Fc1cccc(F)c1CNc1ncc2ncn(-c3ccc4cn[nH]c4c3)c2n1. The van der Waals surface area contributed by atoms with Crippen molar-refractivity contribution in [1.82, 2.24) is 29.7 Å². The first-order valence-electron chi connectivity index (χ1n) is 8.49. The lowest BCUT2D eigenvalue weighted by atomic mass is 10.2. The molecule has 138 valence electrons. The quantitative estimate of drug-likeness (QED) is 0.500. The topological polar surface area (TPSA) is 84.3 Å². The highest BCUT2D eigenvalue weighted by Crippen LogP contribution is 2.21. The molecule has 5 rings (SSSR count). The first-order valence-corrected chi connectivity index (χ1v) is 8.49. The highest BCUT2D eigenvalue weighted by molar-refractivity contribution is 5.81. The Balaban J connectivity index is 1.49. The number of aromatic amines is 1. The molecule has 28 heavy (non-hydrogen) atoms. The van der Waals surface area contributed by atoms with Crippen LogP contribution in [0.25, 0.3) is 27.8 Å². The summed E-state index contributed by atoms with van der Waals surface area (Å²) in [5.41, 5.74) is 2.85. The fraction of sp³-hybridized carbons (Fsp3) is 0.0526. The lowest BCUT2D eigenvalue weighted by molar-refractivity contribution is 0.559. The average molecular weight is 377 g/mol. The van der Waals surface area contributed by atoms with Crippen LogP contribution < -0.4 is 5.32 Å². The van der Waals surface area contributed by atoms with E-state index in [1.165, 1.54) is 18.2 Å². The highest BCUT2D eigenvalue weighted by Gasteiger charge is 2.12. The second-order valence-electron chi connectivity index (χ2n) is 6.21. The molecule has 2 N–H and O–H groups in total. The molecule has 3 heterocycles. The molecule has 9 heteroatoms. The maximum absolute atomic E-state index is 13.8. The van der Waals surface area contributed by atoms with Gasteiger partial charge in [0, 0.05) is 17.5 Å². The van der Waals surface area contributed by atoms with Gasteiger partial charge in [-0.2, -0.15) is 10.1 Å². The van der Waals surface area contributed by atoms with E-state index in [1.54, 1.807) is 18.7 Å². The van der Waals surface area contributed by atoms with E-state index in [4.69, 9.17) is 0 Å². The predicted octanol–water partition coefficient (Wildman–Crippen LogP) is 3.58. The van der Waals surface area contributed by atoms with Crippen molar-refractivity contribution in [2.45, 2.75) is 6.54 Å². The predicted molar refractivity (Wildman–Crippen MR) is 100.0 cm³/mol. The molecule has 0 atom stereocenters. The van der Waals surface area contributed by atoms with Gasteiger partial charge in [0.05, 0.1) is 23.6 Å². The summed E-state index contributed by atoms with van der Waals surface area (Å²) in [4.78, 5) is 12.9. The molecule has 0 aliphatic rings. The first kappa shape index (κ1) is 16.3. The Morgan fingerprint density at radius 1 is 1.04 bits per heavy atom. The molecule has 0 bridgehead atoms. The minimum atomic E-state index is -0.619. The van der Waals surface area contributed by atoms with Gasteiger partial charge in [-0.3, -0.25) is 9.67 Å². The third-order valence-corrected chi connectivity index (χ3v) is 4.48. The van der Waals surface area contributed by atoms with Gasteiger partial charge in [0.25, 0.3) is 0 Å². The van der Waals surface area contributed by atoms with Crippen molar-refractivity contribution in [2.24, 2.45) is 0 Å². The standard InChI is InChI=1S/C19H13F2N7/c20-14-2-1-3-15(21)13(14)8-22-19-23-9-17-18(26-19)28(10-24-17)12-5-4-11-7-25-27-16(11)6-12/h1-7,9-10H,8H2,(H,25,27)(H,22,23,26). The summed E-state index contributed by atoms with van der Waals surface area (Å²) in [6.07, 6.45) is 4.96. The van der Waals surface area contributed by atoms with Crippen molar-refractivity contribution in [2.75, 3.05) is 5.32 Å². The molecule has 0 fully saturated rings. The summed E-state index contributed by atoms with van der Waals surface area (Å²) in [6.45, 7) is -0.0712. The van der Waals surface area contributed by atoms with Crippen LogP contribution in [0.1, 0.15) is 5.56 Å². The number of hydrogen-bond acceptors (Lipinski definition) is 5. The Kier molecular flexibility index (Phi) is 3.71. The van der Waals surface area contributed by atoms with E-state index in [2.05, 4.69) is 30.5 Å². The molecular weight excluding hydrogens is 364 g/mol. The van der Waals surface area contributed by atoms with Crippen LogP contribution in [0.3, 0.4) is 0 Å². The second kappa shape index (κ2) is 6.38. The first-order chi connectivity index (χ1) is 13.7. The van der Waals surface area contributed by atoms with Crippen LogP contribution in [0.5, 0.6) is 0 Å². The van der Waals surface area contributed by atoms with Gasteiger partial charge in [0.1, 0.15) is 23.5 Å². The number of fused-ring (bicyclic) bond motifs is 2. The van der Waals surface area contributed by atoms with E-state index in [1.807, 2.05) is 22.8 Å². The zero-order chi connectivity index (χ0) is 19.1. The lowest BCUT2D eigenvalue weighted by Gasteiger charge is -2.08. The number of H-pyrrole nitrogens is 1. The normalized spacial score (nSPS) is 11.4. The van der Waals surface area contributed by atoms with Gasteiger partial charge in [0.15, 0.2) is 5.65 Å². The summed E-state index contributed by atoms with van der Waals surface area (Å²) in [5, 5.41) is 10.8. The number of aromatic nitrogens is 6. The summed E-state index contributed by atoms with van der Waals surface area (Å²) in [5.74, 6) is -0.988. The second-order valence-corrected chi connectivity index (χ2v) is 6.21. The molecule has 2 aromatic carbocycles. The molecule has 0 unspecified atom stereocenters. The van der Waals surface area contributed by atoms with Gasteiger partial charge in [-0.1, -0.05) is 6.07 Å². The van der Waals surface area contributed by atoms with E-state index < -0.39 is 11.6 Å². The molecule has 0 radical (unpaired) electrons. The van der Waals surface area contributed by atoms with Crippen LogP contribution >= 0.6 is 0 Å². The van der Waals surface area contributed by atoms with Crippen LogP contribution in [0.4, 0.5) is 14.7 Å². The van der Waals surface area contributed by atoms with Gasteiger partial charge in [-0.05, 0) is 30.3 Å². The zero-order valence-corrected chi connectivity index (χ0v) is 14.4. The third kappa shape index (κ3) is 2.73. The lowest BCUT2D eigenvalue weighted by Crippen LogP contribution is -2.07. The molecule has 3 aromatic heterocycles. The van der Waals surface area contributed by atoms with Gasteiger partial charge >= 0.3 is 0 Å². The number of anilines is 1. The Bertz CT molecular complexity index is 1290. The molecule has 5 aromatic rings. The van der Waals surface area contributed by atoms with Crippen molar-refractivity contribution >= 4 is 28.0 Å². The Morgan fingerprint density at radius 3 is 2.75 bits per heavy atom. The highest BCUT2D eigenvalue weighted by atomic mass is 19.1. The minimum absolute atomic E-state index is 0.0654. The summed E-state index contributed by atoms with van der Waals surface area (Å²) in [6, 6.07) is 9.57. The van der Waals surface area contributed by atoms with Crippen molar-refractivity contribution in [1.29, 1.82) is 0 Å². The molecule has 0 aliphatic carbocycles.